The lowest BCUT2D eigenvalue weighted by Crippen LogP contribution is -2.28. The van der Waals surface area contributed by atoms with Gasteiger partial charge in [0, 0.05) is 6.20 Å². The number of carbonyl (C=O) groups excluding carboxylic acids is 1. The largest absolute Gasteiger partial charge is 0.495 e. The molecule has 116 valence electrons. The zero-order valence-corrected chi connectivity index (χ0v) is 14.2. The molecule has 22 heavy (non-hydrogen) atoms. The van der Waals surface area contributed by atoms with Crippen molar-refractivity contribution in [2.45, 2.75) is 20.4 Å². The Bertz CT molecular complexity index is 768. The normalized spacial score (nSPS) is 10.4. The summed E-state index contributed by atoms with van der Waals surface area (Å²) >= 11 is 3.20. The fourth-order valence-electron chi connectivity index (χ4n) is 2.12. The van der Waals surface area contributed by atoms with Crippen molar-refractivity contribution in [3.8, 4) is 5.75 Å². The number of carbonyl (C=O) groups is 1. The molecule has 0 saturated carbocycles. The summed E-state index contributed by atoms with van der Waals surface area (Å²) in [6.07, 6.45) is 1.65. The molecule has 2 rings (SSSR count). The standard InChI is InChI=1S/C16H17BrN2O3/c1-10-4-5-14(22-3)13(7-10)18-15(20)9-19-8-11(2)6-12(17)16(19)21/h4-8H,9H2,1-3H3,(H,18,20). The van der Waals surface area contributed by atoms with Gasteiger partial charge in [-0.05, 0) is 59.1 Å². The monoisotopic (exact) mass is 364 g/mol. The molecule has 1 amide bonds. The molecule has 1 aromatic heterocycles. The average molecular weight is 365 g/mol. The van der Waals surface area contributed by atoms with Crippen molar-refractivity contribution in [3.63, 3.8) is 0 Å². The van der Waals surface area contributed by atoms with Gasteiger partial charge in [0.25, 0.3) is 5.56 Å². The SMILES string of the molecule is COc1ccc(C)cc1NC(=O)Cn1cc(C)cc(Br)c1=O. The van der Waals surface area contributed by atoms with E-state index in [2.05, 4.69) is 21.2 Å². The van der Waals surface area contributed by atoms with Crippen molar-refractivity contribution in [3.05, 3.63) is 56.4 Å². The molecule has 2 aromatic rings. The highest BCUT2D eigenvalue weighted by molar-refractivity contribution is 9.10. The lowest BCUT2D eigenvalue weighted by atomic mass is 10.2. The van der Waals surface area contributed by atoms with Crippen LogP contribution in [-0.4, -0.2) is 17.6 Å². The second-order valence-electron chi connectivity index (χ2n) is 5.05. The number of aryl methyl sites for hydroxylation is 2. The molecule has 0 aliphatic heterocycles. The summed E-state index contributed by atoms with van der Waals surface area (Å²) in [6, 6.07) is 7.24. The van der Waals surface area contributed by atoms with Crippen molar-refractivity contribution in [2.75, 3.05) is 12.4 Å². The van der Waals surface area contributed by atoms with Gasteiger partial charge in [-0.2, -0.15) is 0 Å². The van der Waals surface area contributed by atoms with Crippen LogP contribution in [0.25, 0.3) is 0 Å². The molecule has 1 aromatic carbocycles. The molecule has 1 heterocycles. The lowest BCUT2D eigenvalue weighted by Gasteiger charge is -2.12. The van der Waals surface area contributed by atoms with E-state index in [1.165, 1.54) is 4.57 Å². The predicted octanol–water partition coefficient (Wildman–Crippen LogP) is 2.87. The molecule has 0 atom stereocenters. The van der Waals surface area contributed by atoms with E-state index in [-0.39, 0.29) is 18.0 Å². The maximum Gasteiger partial charge on any atom is 0.265 e. The Balaban J connectivity index is 2.21. The number of halogens is 1. The van der Waals surface area contributed by atoms with Gasteiger partial charge in [-0.15, -0.1) is 0 Å². The number of anilines is 1. The van der Waals surface area contributed by atoms with Gasteiger partial charge in [-0.3, -0.25) is 9.59 Å². The van der Waals surface area contributed by atoms with E-state index in [4.69, 9.17) is 4.74 Å². The molecule has 0 saturated heterocycles. The molecule has 5 nitrogen and oxygen atoms in total. The van der Waals surface area contributed by atoms with E-state index in [0.29, 0.717) is 15.9 Å². The van der Waals surface area contributed by atoms with Crippen molar-refractivity contribution in [2.24, 2.45) is 0 Å². The molecule has 0 unspecified atom stereocenters. The van der Waals surface area contributed by atoms with Crippen molar-refractivity contribution < 1.29 is 9.53 Å². The highest BCUT2D eigenvalue weighted by atomic mass is 79.9. The number of hydrogen-bond acceptors (Lipinski definition) is 3. The molecule has 1 N–H and O–H groups in total. The third kappa shape index (κ3) is 3.76. The molecule has 0 radical (unpaired) electrons. The first-order valence-corrected chi connectivity index (χ1v) is 7.51. The third-order valence-corrected chi connectivity index (χ3v) is 3.69. The molecule has 0 fully saturated rings. The van der Waals surface area contributed by atoms with Crippen LogP contribution in [0.1, 0.15) is 11.1 Å². The van der Waals surface area contributed by atoms with Crippen LogP contribution in [-0.2, 0) is 11.3 Å². The van der Waals surface area contributed by atoms with E-state index in [0.717, 1.165) is 11.1 Å². The number of amides is 1. The smallest absolute Gasteiger partial charge is 0.265 e. The van der Waals surface area contributed by atoms with Crippen LogP contribution in [0, 0.1) is 13.8 Å². The van der Waals surface area contributed by atoms with Crippen molar-refractivity contribution in [1.29, 1.82) is 0 Å². The van der Waals surface area contributed by atoms with Gasteiger partial charge in [0.15, 0.2) is 0 Å². The number of hydrogen-bond donors (Lipinski definition) is 1. The quantitative estimate of drug-likeness (QED) is 0.907. The second kappa shape index (κ2) is 6.79. The molecule has 0 spiro atoms. The zero-order chi connectivity index (χ0) is 16.3. The minimum absolute atomic E-state index is 0.0593. The minimum atomic E-state index is -0.288. The fraction of sp³-hybridized carbons (Fsp3) is 0.250. The second-order valence-corrected chi connectivity index (χ2v) is 5.90. The maximum atomic E-state index is 12.2. The van der Waals surface area contributed by atoms with Gasteiger partial charge in [-0.25, -0.2) is 0 Å². The Morgan fingerprint density at radius 2 is 2.00 bits per heavy atom. The number of aromatic nitrogens is 1. The van der Waals surface area contributed by atoms with Gasteiger partial charge < -0.3 is 14.6 Å². The number of ether oxygens (including phenoxy) is 1. The number of benzene rings is 1. The topological polar surface area (TPSA) is 60.3 Å². The van der Waals surface area contributed by atoms with Crippen LogP contribution < -0.4 is 15.6 Å². The Hall–Kier alpha value is -2.08. The van der Waals surface area contributed by atoms with E-state index in [9.17, 15) is 9.59 Å². The number of nitrogens with zero attached hydrogens (tertiary/aromatic N) is 1. The highest BCUT2D eigenvalue weighted by Crippen LogP contribution is 2.25. The minimum Gasteiger partial charge on any atom is -0.495 e. The summed E-state index contributed by atoms with van der Waals surface area (Å²) in [5.74, 6) is 0.292. The first kappa shape index (κ1) is 16.3. The summed E-state index contributed by atoms with van der Waals surface area (Å²) < 4.78 is 7.03. The Kier molecular flexibility index (Phi) is 5.03. The third-order valence-electron chi connectivity index (χ3n) is 3.12. The van der Waals surface area contributed by atoms with E-state index < -0.39 is 0 Å². The van der Waals surface area contributed by atoms with E-state index in [1.807, 2.05) is 26.0 Å². The van der Waals surface area contributed by atoms with Gasteiger partial charge in [0.05, 0.1) is 17.3 Å². The predicted molar refractivity (Wildman–Crippen MR) is 89.5 cm³/mol. The lowest BCUT2D eigenvalue weighted by molar-refractivity contribution is -0.116. The van der Waals surface area contributed by atoms with Crippen molar-refractivity contribution in [1.82, 2.24) is 4.57 Å². The summed E-state index contributed by atoms with van der Waals surface area (Å²) in [4.78, 5) is 24.2. The van der Waals surface area contributed by atoms with Crippen LogP contribution >= 0.6 is 15.9 Å². The first-order valence-electron chi connectivity index (χ1n) is 6.72. The van der Waals surface area contributed by atoms with Crippen LogP contribution in [0.5, 0.6) is 5.75 Å². The number of methoxy groups -OCH3 is 1. The molecular weight excluding hydrogens is 348 g/mol. The van der Waals surface area contributed by atoms with Crippen LogP contribution in [0.4, 0.5) is 5.69 Å². The summed E-state index contributed by atoms with van der Waals surface area (Å²) in [6.45, 7) is 3.73. The van der Waals surface area contributed by atoms with E-state index >= 15 is 0 Å². The molecular formula is C16H17BrN2O3. The fourth-order valence-corrected chi connectivity index (χ4v) is 2.71. The Morgan fingerprint density at radius 1 is 1.27 bits per heavy atom. The number of rotatable bonds is 4. The van der Waals surface area contributed by atoms with Crippen LogP contribution in [0.2, 0.25) is 0 Å². The molecule has 0 aliphatic rings. The number of pyridine rings is 1. The van der Waals surface area contributed by atoms with Gasteiger partial charge >= 0.3 is 0 Å². The number of nitrogens with one attached hydrogen (secondary N) is 1. The van der Waals surface area contributed by atoms with E-state index in [1.54, 1.807) is 25.4 Å². The van der Waals surface area contributed by atoms with Crippen molar-refractivity contribution >= 4 is 27.5 Å². The molecule has 6 heteroatoms. The van der Waals surface area contributed by atoms with Crippen LogP contribution in [0.15, 0.2) is 39.7 Å². The van der Waals surface area contributed by atoms with Gasteiger partial charge in [0.1, 0.15) is 12.3 Å². The van der Waals surface area contributed by atoms with Crippen LogP contribution in [0.3, 0.4) is 0 Å². The summed E-state index contributed by atoms with van der Waals surface area (Å²) in [7, 11) is 1.54. The first-order chi connectivity index (χ1) is 10.4. The zero-order valence-electron chi connectivity index (χ0n) is 12.6. The highest BCUT2D eigenvalue weighted by Gasteiger charge is 2.10. The average Bonchev–Trinajstić information content (AvgIpc) is 2.44. The van der Waals surface area contributed by atoms with Gasteiger partial charge in [-0.1, -0.05) is 6.07 Å². The molecule has 0 aliphatic carbocycles. The Morgan fingerprint density at radius 3 is 2.68 bits per heavy atom. The summed E-state index contributed by atoms with van der Waals surface area (Å²) in [5, 5.41) is 2.78. The summed E-state index contributed by atoms with van der Waals surface area (Å²) in [5.41, 5.74) is 2.25. The van der Waals surface area contributed by atoms with Gasteiger partial charge in [0.2, 0.25) is 5.91 Å². The molecule has 0 bridgehead atoms. The Labute approximate surface area is 137 Å². The maximum absolute atomic E-state index is 12.2.